The van der Waals surface area contributed by atoms with E-state index in [0.29, 0.717) is 24.0 Å². The van der Waals surface area contributed by atoms with E-state index in [1.807, 2.05) is 13.2 Å². The molecule has 0 aromatic heterocycles. The van der Waals surface area contributed by atoms with Crippen LogP contribution in [-0.4, -0.2) is 39.0 Å². The van der Waals surface area contributed by atoms with Crippen LogP contribution in [0.5, 0.6) is 0 Å². The third kappa shape index (κ3) is 2.21. The molecule has 2 unspecified atom stereocenters. The van der Waals surface area contributed by atoms with Crippen LogP contribution < -0.4 is 0 Å². The smallest absolute Gasteiger partial charge is 0.146 e. The van der Waals surface area contributed by atoms with Crippen LogP contribution in [0, 0.1) is 34.0 Å². The molecule has 0 heterocycles. The quantitative estimate of drug-likeness (QED) is 0.548. The Hall–Kier alpha value is -0.710. The number of carbonyl (C=O) groups is 1. The molecule has 0 aromatic carbocycles. The second-order valence-corrected chi connectivity index (χ2v) is 9.55. The van der Waals surface area contributed by atoms with Gasteiger partial charge in [0.2, 0.25) is 0 Å². The van der Waals surface area contributed by atoms with E-state index in [-0.39, 0.29) is 35.7 Å². The van der Waals surface area contributed by atoms with Crippen molar-refractivity contribution < 1.29 is 19.0 Å². The Morgan fingerprint density at radius 2 is 1.96 bits per heavy atom. The van der Waals surface area contributed by atoms with E-state index in [0.717, 1.165) is 19.3 Å². The molecular weight excluding hydrogens is 328 g/mol. The summed E-state index contributed by atoms with van der Waals surface area (Å²) in [5, 5.41) is 0. The predicted molar refractivity (Wildman–Crippen MR) is 99.6 cm³/mol. The van der Waals surface area contributed by atoms with Crippen LogP contribution in [0.15, 0.2) is 12.7 Å². The Labute approximate surface area is 157 Å². The van der Waals surface area contributed by atoms with E-state index in [1.54, 1.807) is 7.11 Å². The van der Waals surface area contributed by atoms with Crippen molar-refractivity contribution in [2.45, 2.75) is 64.6 Å². The summed E-state index contributed by atoms with van der Waals surface area (Å²) in [4.78, 5) is 13.6. The van der Waals surface area contributed by atoms with Gasteiger partial charge in [-0.1, -0.05) is 13.0 Å². The van der Waals surface area contributed by atoms with Crippen LogP contribution in [0.25, 0.3) is 0 Å². The number of methoxy groups -OCH3 is 2. The largest absolute Gasteiger partial charge is 0.381 e. The van der Waals surface area contributed by atoms with Gasteiger partial charge in [-0.25, -0.2) is 0 Å². The first-order chi connectivity index (χ1) is 12.4. The summed E-state index contributed by atoms with van der Waals surface area (Å²) in [6.07, 6.45) is 8.62. The van der Waals surface area contributed by atoms with Crippen molar-refractivity contribution in [1.29, 1.82) is 0 Å². The summed E-state index contributed by atoms with van der Waals surface area (Å²) in [5.74, 6) is 1.52. The minimum Gasteiger partial charge on any atom is -0.381 e. The second kappa shape index (κ2) is 6.15. The van der Waals surface area contributed by atoms with Gasteiger partial charge in [-0.3, -0.25) is 4.79 Å². The number of allylic oxidation sites excluding steroid dienone is 1. The highest BCUT2D eigenvalue weighted by Crippen LogP contribution is 2.78. The first-order valence-electron chi connectivity index (χ1n) is 10.2. The van der Waals surface area contributed by atoms with E-state index in [2.05, 4.69) is 20.4 Å². The number of Topliss-reactive ketones (excluding diaryl/α,β-unsaturated/α-hetero) is 1. The van der Waals surface area contributed by atoms with Gasteiger partial charge < -0.3 is 14.2 Å². The number of ketones is 1. The normalized spacial score (nSPS) is 52.6. The molecule has 0 N–H and O–H groups in total. The van der Waals surface area contributed by atoms with Crippen molar-refractivity contribution in [1.82, 2.24) is 0 Å². The summed E-state index contributed by atoms with van der Waals surface area (Å²) in [7, 11) is 3.52. The van der Waals surface area contributed by atoms with Crippen molar-refractivity contribution in [3.63, 3.8) is 0 Å². The average molecular weight is 363 g/mol. The number of hydrogen-bond donors (Lipinski definition) is 0. The van der Waals surface area contributed by atoms with Crippen molar-refractivity contribution in [2.24, 2.45) is 34.0 Å². The standard InChI is InChI=1S/C22H34O4/c1-6-20(3)12-17(26-13-24-4)22-11-15(22)7-9-21(14(2)19(20)23)10-8-16(25-5)18(21)22/h6,14-18H,1,7-13H2,2-5H3/t14-,15-,16+,17+,18?,20+,21?,22-/m0/s1. The fraction of sp³-hybridized carbons (Fsp3) is 0.864. The Bertz CT molecular complexity index is 603. The molecule has 0 saturated heterocycles. The Morgan fingerprint density at radius 3 is 2.62 bits per heavy atom. The predicted octanol–water partition coefficient (Wildman–Crippen LogP) is 3.99. The van der Waals surface area contributed by atoms with Crippen molar-refractivity contribution in [3.05, 3.63) is 12.7 Å². The van der Waals surface area contributed by atoms with Crippen LogP contribution in [0.4, 0.5) is 0 Å². The lowest BCUT2D eigenvalue weighted by Crippen LogP contribution is -2.57. The fourth-order valence-corrected chi connectivity index (χ4v) is 7.36. The van der Waals surface area contributed by atoms with Gasteiger partial charge in [-0.15, -0.1) is 6.58 Å². The van der Waals surface area contributed by atoms with E-state index >= 15 is 0 Å². The lowest BCUT2D eigenvalue weighted by atomic mass is 9.50. The Morgan fingerprint density at radius 1 is 1.23 bits per heavy atom. The Balaban J connectivity index is 1.84. The molecule has 8 atom stereocenters. The summed E-state index contributed by atoms with van der Waals surface area (Å²) < 4.78 is 17.6. The third-order valence-corrected chi connectivity index (χ3v) is 8.79. The zero-order valence-electron chi connectivity index (χ0n) is 16.8. The monoisotopic (exact) mass is 362 g/mol. The van der Waals surface area contributed by atoms with E-state index in [4.69, 9.17) is 14.2 Å². The first-order valence-corrected chi connectivity index (χ1v) is 10.2. The van der Waals surface area contributed by atoms with Crippen LogP contribution in [0.1, 0.15) is 52.4 Å². The number of hydrogen-bond acceptors (Lipinski definition) is 4. The molecule has 4 aliphatic rings. The maximum absolute atomic E-state index is 13.6. The summed E-state index contributed by atoms with van der Waals surface area (Å²) in [5.41, 5.74) is -0.324. The molecule has 4 nitrogen and oxygen atoms in total. The molecule has 4 saturated carbocycles. The molecule has 4 rings (SSSR count). The van der Waals surface area contributed by atoms with Gasteiger partial charge in [0, 0.05) is 31.0 Å². The van der Waals surface area contributed by atoms with Gasteiger partial charge in [0.1, 0.15) is 12.6 Å². The van der Waals surface area contributed by atoms with Crippen molar-refractivity contribution in [3.8, 4) is 0 Å². The minimum atomic E-state index is -0.529. The summed E-state index contributed by atoms with van der Waals surface area (Å²) in [6.45, 7) is 8.57. The second-order valence-electron chi connectivity index (χ2n) is 9.55. The van der Waals surface area contributed by atoms with E-state index < -0.39 is 5.41 Å². The first kappa shape index (κ1) is 18.6. The van der Waals surface area contributed by atoms with Gasteiger partial charge in [-0.05, 0) is 62.7 Å². The molecule has 4 heteroatoms. The van der Waals surface area contributed by atoms with Crippen LogP contribution in [-0.2, 0) is 19.0 Å². The summed E-state index contributed by atoms with van der Waals surface area (Å²) >= 11 is 0. The maximum atomic E-state index is 13.6. The molecular formula is C22H34O4. The highest BCUT2D eigenvalue weighted by Gasteiger charge is 2.76. The van der Waals surface area contributed by atoms with E-state index in [9.17, 15) is 4.79 Å². The van der Waals surface area contributed by atoms with Gasteiger partial charge >= 0.3 is 0 Å². The number of rotatable bonds is 5. The molecule has 2 bridgehead atoms. The molecule has 0 amide bonds. The molecule has 4 aliphatic carbocycles. The van der Waals surface area contributed by atoms with Crippen LogP contribution in [0.3, 0.4) is 0 Å². The molecule has 0 radical (unpaired) electrons. The van der Waals surface area contributed by atoms with E-state index in [1.165, 1.54) is 12.8 Å². The minimum absolute atomic E-state index is 0.0346. The molecule has 0 aliphatic heterocycles. The SMILES string of the molecule is C=C[C@]1(C)C[C@@H](OCOC)[C@]23C[C@@H]2CCC2(CC[C@@H](OC)C23)[C@@H](C)C1=O. The van der Waals surface area contributed by atoms with Crippen molar-refractivity contribution >= 4 is 5.78 Å². The van der Waals surface area contributed by atoms with Crippen LogP contribution >= 0.6 is 0 Å². The Kier molecular flexibility index (Phi) is 4.41. The van der Waals surface area contributed by atoms with Gasteiger partial charge in [0.05, 0.1) is 12.2 Å². The lowest BCUT2D eigenvalue weighted by molar-refractivity contribution is -0.178. The zero-order valence-corrected chi connectivity index (χ0v) is 16.8. The molecule has 0 aromatic rings. The average Bonchev–Trinajstić information content (AvgIpc) is 3.28. The molecule has 1 spiro atoms. The van der Waals surface area contributed by atoms with Gasteiger partial charge in [0.25, 0.3) is 0 Å². The zero-order chi connectivity index (χ0) is 18.7. The van der Waals surface area contributed by atoms with Crippen molar-refractivity contribution in [2.75, 3.05) is 21.0 Å². The number of carbonyl (C=O) groups excluding carboxylic acids is 1. The van der Waals surface area contributed by atoms with Gasteiger partial charge in [-0.2, -0.15) is 0 Å². The summed E-state index contributed by atoms with van der Waals surface area (Å²) in [6, 6.07) is 0. The molecule has 4 fully saturated rings. The molecule has 26 heavy (non-hydrogen) atoms. The number of ether oxygens (including phenoxy) is 3. The lowest BCUT2D eigenvalue weighted by Gasteiger charge is -2.55. The molecule has 146 valence electrons. The van der Waals surface area contributed by atoms with Crippen LogP contribution in [0.2, 0.25) is 0 Å². The third-order valence-electron chi connectivity index (χ3n) is 8.79. The fourth-order valence-electron chi connectivity index (χ4n) is 7.36. The highest BCUT2D eigenvalue weighted by molar-refractivity contribution is 5.89. The highest BCUT2D eigenvalue weighted by atomic mass is 16.7. The maximum Gasteiger partial charge on any atom is 0.146 e. The van der Waals surface area contributed by atoms with Gasteiger partial charge in [0.15, 0.2) is 0 Å². The topological polar surface area (TPSA) is 44.8 Å².